The van der Waals surface area contributed by atoms with Crippen LogP contribution in [0.3, 0.4) is 0 Å². The average molecular weight is 362 g/mol. The quantitative estimate of drug-likeness (QED) is 0.561. The average Bonchev–Trinajstić information content (AvgIpc) is 2.56. The van der Waals surface area contributed by atoms with Crippen LogP contribution in [0.5, 0.6) is 0 Å². The smallest absolute Gasteiger partial charge is 0.240 e. The van der Waals surface area contributed by atoms with Gasteiger partial charge in [-0.15, -0.1) is 0 Å². The highest BCUT2D eigenvalue weighted by molar-refractivity contribution is 7.90. The minimum atomic E-state index is -3.64. The molecule has 1 fully saturated rings. The van der Waals surface area contributed by atoms with Crippen molar-refractivity contribution < 1.29 is 16.8 Å². The molecule has 23 heavy (non-hydrogen) atoms. The van der Waals surface area contributed by atoms with Gasteiger partial charge in [0.2, 0.25) is 20.0 Å². The van der Waals surface area contributed by atoms with Crippen LogP contribution >= 0.6 is 0 Å². The van der Waals surface area contributed by atoms with E-state index in [1.54, 1.807) is 0 Å². The molecule has 1 aromatic rings. The Balaban J connectivity index is 1.96. The van der Waals surface area contributed by atoms with Crippen molar-refractivity contribution in [2.45, 2.75) is 9.79 Å². The second-order valence-corrected chi connectivity index (χ2v) is 8.82. The zero-order valence-electron chi connectivity index (χ0n) is 12.9. The van der Waals surface area contributed by atoms with Crippen LogP contribution in [0.15, 0.2) is 34.1 Å². The molecular formula is C13H22N4O4S2. The van der Waals surface area contributed by atoms with Crippen LogP contribution in [0.2, 0.25) is 0 Å². The number of benzene rings is 1. The van der Waals surface area contributed by atoms with E-state index < -0.39 is 20.0 Å². The third-order valence-corrected chi connectivity index (χ3v) is 6.55. The number of hydrogen-bond donors (Lipinski definition) is 3. The van der Waals surface area contributed by atoms with Crippen LogP contribution in [0.1, 0.15) is 0 Å². The van der Waals surface area contributed by atoms with Crippen LogP contribution < -0.4 is 14.8 Å². The molecule has 130 valence electrons. The summed E-state index contributed by atoms with van der Waals surface area (Å²) in [6.07, 6.45) is 0. The zero-order chi connectivity index (χ0) is 16.9. The minimum Gasteiger partial charge on any atom is -0.314 e. The topological polar surface area (TPSA) is 108 Å². The Labute approximate surface area is 137 Å². The fourth-order valence-corrected chi connectivity index (χ4v) is 4.02. The Bertz CT molecular complexity index is 711. The first kappa shape index (κ1) is 18.3. The number of nitrogens with zero attached hydrogens (tertiary/aromatic N) is 1. The van der Waals surface area contributed by atoms with Gasteiger partial charge in [-0.25, -0.2) is 26.3 Å². The van der Waals surface area contributed by atoms with E-state index in [-0.39, 0.29) is 9.79 Å². The third-order valence-electron chi connectivity index (χ3n) is 3.64. The molecule has 3 N–H and O–H groups in total. The lowest BCUT2D eigenvalue weighted by atomic mass is 10.3. The molecule has 1 saturated heterocycles. The van der Waals surface area contributed by atoms with Crippen molar-refractivity contribution in [3.63, 3.8) is 0 Å². The molecule has 1 aliphatic heterocycles. The molecule has 0 saturated carbocycles. The molecule has 0 radical (unpaired) electrons. The maximum absolute atomic E-state index is 12.2. The van der Waals surface area contributed by atoms with E-state index in [9.17, 15) is 16.8 Å². The fourth-order valence-electron chi connectivity index (χ4n) is 2.27. The Morgan fingerprint density at radius 1 is 1.00 bits per heavy atom. The zero-order valence-corrected chi connectivity index (χ0v) is 14.6. The number of rotatable bonds is 7. The summed E-state index contributed by atoms with van der Waals surface area (Å²) in [5.74, 6) is 0. The SMILES string of the molecule is CNS(=O)(=O)c1ccc(S(=O)(=O)NCCN2CCNCC2)cc1. The number of hydrogen-bond acceptors (Lipinski definition) is 6. The van der Waals surface area contributed by atoms with Gasteiger partial charge in [-0.1, -0.05) is 0 Å². The molecule has 1 aromatic carbocycles. The molecule has 8 nitrogen and oxygen atoms in total. The van der Waals surface area contributed by atoms with E-state index in [2.05, 4.69) is 19.7 Å². The minimum absolute atomic E-state index is 0.0276. The summed E-state index contributed by atoms with van der Waals surface area (Å²) in [4.78, 5) is 2.26. The van der Waals surface area contributed by atoms with Crippen molar-refractivity contribution >= 4 is 20.0 Å². The molecular weight excluding hydrogens is 340 g/mol. The first-order chi connectivity index (χ1) is 10.8. The molecule has 0 aliphatic carbocycles. The van der Waals surface area contributed by atoms with Crippen molar-refractivity contribution in [1.82, 2.24) is 19.7 Å². The van der Waals surface area contributed by atoms with Gasteiger partial charge >= 0.3 is 0 Å². The summed E-state index contributed by atoms with van der Waals surface area (Å²) >= 11 is 0. The van der Waals surface area contributed by atoms with Gasteiger partial charge in [0.05, 0.1) is 9.79 Å². The Morgan fingerprint density at radius 3 is 2.04 bits per heavy atom. The van der Waals surface area contributed by atoms with Crippen LogP contribution in [-0.4, -0.2) is 68.1 Å². The Morgan fingerprint density at radius 2 is 1.52 bits per heavy atom. The second-order valence-electron chi connectivity index (χ2n) is 5.17. The number of sulfonamides is 2. The van der Waals surface area contributed by atoms with Gasteiger partial charge in [0.15, 0.2) is 0 Å². The van der Waals surface area contributed by atoms with E-state index in [1.807, 2.05) is 0 Å². The number of piperazine rings is 1. The van der Waals surface area contributed by atoms with E-state index in [0.717, 1.165) is 26.2 Å². The fraction of sp³-hybridized carbons (Fsp3) is 0.538. The van der Waals surface area contributed by atoms with Gasteiger partial charge in [-0.05, 0) is 31.3 Å². The standard InChI is InChI=1S/C13H22N4O4S2/c1-14-22(18,19)12-2-4-13(5-3-12)23(20,21)16-8-11-17-9-6-15-7-10-17/h2-5,14-16H,6-11H2,1H3. The maximum Gasteiger partial charge on any atom is 0.240 e. The molecule has 0 atom stereocenters. The summed E-state index contributed by atoms with van der Waals surface area (Å²) in [6.45, 7) is 4.59. The first-order valence-electron chi connectivity index (χ1n) is 7.31. The molecule has 0 unspecified atom stereocenters. The highest BCUT2D eigenvalue weighted by Crippen LogP contribution is 2.14. The van der Waals surface area contributed by atoms with Crippen molar-refractivity contribution in [3.05, 3.63) is 24.3 Å². The first-order valence-corrected chi connectivity index (χ1v) is 10.3. The molecule has 2 rings (SSSR count). The lowest BCUT2D eigenvalue weighted by Crippen LogP contribution is -2.46. The van der Waals surface area contributed by atoms with Gasteiger partial charge in [-0.3, -0.25) is 4.90 Å². The van der Waals surface area contributed by atoms with E-state index in [0.29, 0.717) is 13.1 Å². The van der Waals surface area contributed by atoms with E-state index >= 15 is 0 Å². The van der Waals surface area contributed by atoms with Crippen molar-refractivity contribution in [2.75, 3.05) is 46.3 Å². The summed E-state index contributed by atoms with van der Waals surface area (Å²) in [6, 6.07) is 5.13. The van der Waals surface area contributed by atoms with Gasteiger partial charge in [-0.2, -0.15) is 0 Å². The highest BCUT2D eigenvalue weighted by Gasteiger charge is 2.17. The van der Waals surface area contributed by atoms with Crippen LogP contribution in [0, 0.1) is 0 Å². The number of nitrogens with one attached hydrogen (secondary N) is 3. The van der Waals surface area contributed by atoms with Crippen LogP contribution in [0.4, 0.5) is 0 Å². The van der Waals surface area contributed by atoms with E-state index in [1.165, 1.54) is 31.3 Å². The predicted molar refractivity (Wildman–Crippen MR) is 87.2 cm³/mol. The normalized spacial score (nSPS) is 17.3. The lowest BCUT2D eigenvalue weighted by Gasteiger charge is -2.27. The molecule has 1 aliphatic rings. The highest BCUT2D eigenvalue weighted by atomic mass is 32.2. The van der Waals surface area contributed by atoms with Crippen LogP contribution in [-0.2, 0) is 20.0 Å². The van der Waals surface area contributed by atoms with Crippen molar-refractivity contribution in [2.24, 2.45) is 0 Å². The van der Waals surface area contributed by atoms with Crippen LogP contribution in [0.25, 0.3) is 0 Å². The third kappa shape index (κ3) is 4.96. The Hall–Kier alpha value is -1.04. The molecule has 10 heteroatoms. The van der Waals surface area contributed by atoms with Crippen molar-refractivity contribution in [3.8, 4) is 0 Å². The molecule has 0 aromatic heterocycles. The largest absolute Gasteiger partial charge is 0.314 e. The molecule has 0 spiro atoms. The Kier molecular flexibility index (Phi) is 6.12. The van der Waals surface area contributed by atoms with Gasteiger partial charge in [0.25, 0.3) is 0 Å². The van der Waals surface area contributed by atoms with Gasteiger partial charge < -0.3 is 5.32 Å². The van der Waals surface area contributed by atoms with Gasteiger partial charge in [0.1, 0.15) is 0 Å². The molecule has 0 bridgehead atoms. The molecule has 1 heterocycles. The lowest BCUT2D eigenvalue weighted by molar-refractivity contribution is 0.245. The summed E-state index contributed by atoms with van der Waals surface area (Å²) in [7, 11) is -5.90. The molecule has 0 amide bonds. The predicted octanol–water partition coefficient (Wildman–Crippen LogP) is -1.22. The van der Waals surface area contributed by atoms with Gasteiger partial charge in [0, 0.05) is 39.3 Å². The van der Waals surface area contributed by atoms with Crippen molar-refractivity contribution in [1.29, 1.82) is 0 Å². The summed E-state index contributed by atoms with van der Waals surface area (Å²) in [5.41, 5.74) is 0. The van der Waals surface area contributed by atoms with E-state index in [4.69, 9.17) is 0 Å². The summed E-state index contributed by atoms with van der Waals surface area (Å²) < 4.78 is 52.4. The maximum atomic E-state index is 12.2. The summed E-state index contributed by atoms with van der Waals surface area (Å²) in [5, 5.41) is 3.23. The second kappa shape index (κ2) is 7.69. The monoisotopic (exact) mass is 362 g/mol.